The summed E-state index contributed by atoms with van der Waals surface area (Å²) in [6.45, 7) is 22.5. The van der Waals surface area contributed by atoms with Crippen molar-refractivity contribution >= 4 is 30.7 Å². The number of hydrogen-bond acceptors (Lipinski definition) is 0. The Morgan fingerprint density at radius 2 is 0.533 bits per heavy atom. The Bertz CT molecular complexity index is 716. The second-order valence-corrected chi connectivity index (χ2v) is 12.8. The van der Waals surface area contributed by atoms with Gasteiger partial charge in [0.25, 0.3) is 0 Å². The molecule has 0 unspecified atom stereocenters. The van der Waals surface area contributed by atoms with Gasteiger partial charge in [-0.2, -0.15) is 0 Å². The summed E-state index contributed by atoms with van der Waals surface area (Å²) in [5.41, 5.74) is 0. The first kappa shape index (κ1) is 35.3. The van der Waals surface area contributed by atoms with Crippen LogP contribution < -0.4 is 10.5 Å². The van der Waals surface area contributed by atoms with Crippen molar-refractivity contribution in [3.63, 3.8) is 0 Å². The molecule has 0 atom stereocenters. The van der Waals surface area contributed by atoms with E-state index in [4.69, 9.17) is 23.3 Å². The van der Waals surface area contributed by atoms with Crippen molar-refractivity contribution in [2.45, 2.75) is 0 Å². The zero-order chi connectivity index (χ0) is 22.9. The fraction of sp³-hybridized carbons (Fsp3) is 0. The van der Waals surface area contributed by atoms with Gasteiger partial charge in [-0.05, 0) is 0 Å². The third-order valence-corrected chi connectivity index (χ3v) is 12.4. The molecule has 0 fully saturated rings. The van der Waals surface area contributed by atoms with Gasteiger partial charge < -0.3 is 0 Å². The fourth-order valence-corrected chi connectivity index (χ4v) is 11.0. The van der Waals surface area contributed by atoms with E-state index in [1.165, 1.54) is 0 Å². The van der Waals surface area contributed by atoms with Crippen LogP contribution in [-0.2, 0) is 44.3 Å². The molecule has 3 rings (SSSR count). The van der Waals surface area contributed by atoms with Gasteiger partial charge in [0.2, 0.25) is 0 Å². The molecule has 30 heavy (non-hydrogen) atoms. The molecule has 0 saturated carbocycles. The van der Waals surface area contributed by atoms with E-state index in [0.717, 1.165) is 0 Å². The summed E-state index contributed by atoms with van der Waals surface area (Å²) in [6.07, 6.45) is 0. The molecular weight excluding hydrogens is 574 g/mol. The Hall–Kier alpha value is -2.13. The molecule has 0 aliphatic carbocycles. The van der Waals surface area contributed by atoms with Crippen LogP contribution >= 0.6 is 0 Å². The average molecular weight is 591 g/mol. The van der Waals surface area contributed by atoms with Crippen molar-refractivity contribution in [3.8, 4) is 0 Å². The van der Waals surface area contributed by atoms with E-state index in [0.29, 0.717) is 0 Å². The van der Waals surface area contributed by atoms with Crippen molar-refractivity contribution in [2.24, 2.45) is 0 Å². The van der Waals surface area contributed by atoms with Gasteiger partial charge in [0.1, 0.15) is 0 Å². The van der Waals surface area contributed by atoms with Crippen molar-refractivity contribution in [2.75, 3.05) is 0 Å². The fourth-order valence-electron chi connectivity index (χ4n) is 2.51. The Morgan fingerprint density at radius 3 is 0.700 bits per heavy atom. The van der Waals surface area contributed by atoms with Crippen molar-refractivity contribution in [1.82, 2.24) is 0 Å². The van der Waals surface area contributed by atoms with Gasteiger partial charge in [-0.25, -0.2) is 0 Å². The third-order valence-electron chi connectivity index (χ3n) is 3.40. The third kappa shape index (κ3) is 13.9. The first-order chi connectivity index (χ1) is 14.4. The van der Waals surface area contributed by atoms with Crippen LogP contribution in [0.1, 0.15) is 0 Å². The summed E-state index contributed by atoms with van der Waals surface area (Å²) in [7, 11) is 0. The molecule has 0 aliphatic rings. The number of benzene rings is 3. The summed E-state index contributed by atoms with van der Waals surface area (Å²) in [6, 6.07) is 33.0. The summed E-state index contributed by atoms with van der Waals surface area (Å²) in [5.74, 6) is 0. The summed E-state index contributed by atoms with van der Waals surface area (Å²) in [5, 5.41) is 0. The van der Waals surface area contributed by atoms with Crippen LogP contribution in [0.2, 0.25) is 0 Å². The summed E-state index contributed by atoms with van der Waals surface area (Å²) >= 11 is -2.14. The summed E-state index contributed by atoms with van der Waals surface area (Å²) in [4.78, 5) is 0. The molecule has 0 bridgehead atoms. The molecule has 3 aromatic rings. The molecule has 0 radical (unpaired) electrons. The monoisotopic (exact) mass is 592 g/mol. The van der Waals surface area contributed by atoms with Crippen LogP contribution in [0.4, 0.5) is 0 Å². The standard InChI is InChI=1S/3C6H5.5CO.Mo.Sb.2H/c3*1-2-4-6-5-3-1;5*1-2;;;;/h3*1-5H;;;;;;;;;. The van der Waals surface area contributed by atoms with Gasteiger partial charge >= 0.3 is 178 Å². The normalized spacial score (nSPS) is 7.33. The maximum atomic E-state index is 7.50. The van der Waals surface area contributed by atoms with E-state index in [9.17, 15) is 0 Å². The molecule has 150 valence electrons. The number of hydrogen-bond donors (Lipinski definition) is 0. The zero-order valence-electron chi connectivity index (χ0n) is 15.7. The van der Waals surface area contributed by atoms with Gasteiger partial charge in [-0.15, -0.1) is 0 Å². The van der Waals surface area contributed by atoms with E-state index in [-0.39, 0.29) is 21.1 Å². The molecule has 5 nitrogen and oxygen atoms in total. The second kappa shape index (κ2) is 29.1. The Morgan fingerprint density at radius 1 is 0.367 bits per heavy atom. The first-order valence-electron chi connectivity index (χ1n) is 7.62. The summed E-state index contributed by atoms with van der Waals surface area (Å²) < 4.78 is 42.1. The van der Waals surface area contributed by atoms with Crippen LogP contribution in [0, 0.1) is 33.3 Å². The van der Waals surface area contributed by atoms with Gasteiger partial charge in [-0.3, -0.25) is 0 Å². The second-order valence-electron chi connectivity index (χ2n) is 4.67. The predicted octanol–water partition coefficient (Wildman–Crippen LogP) is 1.48. The van der Waals surface area contributed by atoms with E-state index in [1.54, 1.807) is 10.5 Å². The molecule has 0 aromatic heterocycles. The van der Waals surface area contributed by atoms with Gasteiger partial charge in [-0.1, -0.05) is 0 Å². The van der Waals surface area contributed by atoms with Crippen LogP contribution in [0.5, 0.6) is 0 Å². The molecule has 0 amide bonds. The number of rotatable bonds is 3. The SMILES string of the molecule is [C-]#[O+].[C-]#[O+].[C-]#[O+].[C-]#[O+].[C-]#[O+].[Mo].c1cc[c]([SbH2]([c]2ccccc2)[c]2ccccc2)cc1. The topological polar surface area (TPSA) is 99.5 Å². The van der Waals surface area contributed by atoms with E-state index < -0.39 is 20.2 Å². The van der Waals surface area contributed by atoms with E-state index in [2.05, 4.69) is 124 Å². The van der Waals surface area contributed by atoms with Crippen LogP contribution in [-0.4, -0.2) is 20.2 Å². The quantitative estimate of drug-likeness (QED) is 0.251. The average Bonchev–Trinajstić information content (AvgIpc) is 2.88. The molecule has 0 spiro atoms. The minimum absolute atomic E-state index is 0. The molecule has 3 aromatic carbocycles. The predicted molar refractivity (Wildman–Crippen MR) is 106 cm³/mol. The van der Waals surface area contributed by atoms with Gasteiger partial charge in [0, 0.05) is 21.1 Å². The van der Waals surface area contributed by atoms with E-state index >= 15 is 0 Å². The van der Waals surface area contributed by atoms with Gasteiger partial charge in [0.05, 0.1) is 0 Å². The van der Waals surface area contributed by atoms with Crippen LogP contribution in [0.25, 0.3) is 0 Å². The van der Waals surface area contributed by atoms with E-state index in [1.807, 2.05) is 0 Å². The Kier molecular flexibility index (Phi) is 34.2. The molecular formula is C23H17MoO5Sb. The van der Waals surface area contributed by atoms with Crippen molar-refractivity contribution in [3.05, 3.63) is 124 Å². The first-order valence-corrected chi connectivity index (χ1v) is 12.6. The van der Waals surface area contributed by atoms with Crippen LogP contribution in [0.3, 0.4) is 0 Å². The van der Waals surface area contributed by atoms with Gasteiger partial charge in [0.15, 0.2) is 0 Å². The van der Waals surface area contributed by atoms with Crippen LogP contribution in [0.15, 0.2) is 91.0 Å². The molecule has 0 saturated heterocycles. The molecule has 0 aliphatic heterocycles. The molecule has 7 heteroatoms. The molecule has 0 N–H and O–H groups in total. The molecule has 0 heterocycles. The maximum absolute atomic E-state index is 7.50. The van der Waals surface area contributed by atoms with Crippen molar-refractivity contribution < 1.29 is 44.3 Å². The minimum atomic E-state index is -2.14. The Labute approximate surface area is 198 Å². The van der Waals surface area contributed by atoms with Crippen molar-refractivity contribution in [1.29, 1.82) is 0 Å². The Balaban J connectivity index is -0.000000271. The zero-order valence-corrected chi connectivity index (χ0v) is 21.0.